The molecular weight excluding hydrogens is 526 g/mol. The van der Waals surface area contributed by atoms with Gasteiger partial charge in [0.05, 0.1) is 25.3 Å². The number of ether oxygens (including phenoxy) is 1. The van der Waals surface area contributed by atoms with Crippen molar-refractivity contribution in [2.24, 2.45) is 0 Å². The highest BCUT2D eigenvalue weighted by molar-refractivity contribution is 6.31. The molecular formula is C25H21ClF2N4O6. The number of amides is 3. The number of aromatic nitrogens is 2. The SMILES string of the molecule is Cc1ccc(C(=O)NC2CC(=O)N(CCO)C2=O)cc1-n1cnc(OCc2ccc(F)cc2F)c(Cl)c1=O. The van der Waals surface area contributed by atoms with Crippen molar-refractivity contribution in [3.8, 4) is 11.6 Å². The average molecular weight is 547 g/mol. The number of nitrogens with one attached hydrogen (secondary N) is 1. The number of likely N-dealkylation sites (tertiary alicyclic amines) is 1. The van der Waals surface area contributed by atoms with Crippen LogP contribution < -0.4 is 15.6 Å². The number of imide groups is 1. The van der Waals surface area contributed by atoms with Gasteiger partial charge in [-0.25, -0.2) is 13.8 Å². The Balaban J connectivity index is 1.54. The van der Waals surface area contributed by atoms with E-state index in [1.54, 1.807) is 13.0 Å². The van der Waals surface area contributed by atoms with Crippen LogP contribution in [0, 0.1) is 18.6 Å². The van der Waals surface area contributed by atoms with Gasteiger partial charge in [0.25, 0.3) is 17.4 Å². The lowest BCUT2D eigenvalue weighted by Crippen LogP contribution is -2.42. The molecule has 4 rings (SSSR count). The minimum Gasteiger partial charge on any atom is -0.471 e. The van der Waals surface area contributed by atoms with Gasteiger partial charge in [-0.3, -0.25) is 28.6 Å². The molecule has 2 heterocycles. The number of β-amino-alcohol motifs (C(OH)–C–C–N with tert-alkyl or cyclic N) is 1. The quantitative estimate of drug-likeness (QED) is 0.413. The van der Waals surface area contributed by atoms with Gasteiger partial charge in [-0.05, 0) is 36.8 Å². The molecule has 0 spiro atoms. The number of carbonyl (C=O) groups excluding carboxylic acids is 3. The highest BCUT2D eigenvalue weighted by Gasteiger charge is 2.39. The molecule has 198 valence electrons. The van der Waals surface area contributed by atoms with Crippen LogP contribution in [-0.2, 0) is 16.2 Å². The number of rotatable bonds is 8. The first-order chi connectivity index (χ1) is 18.1. The van der Waals surface area contributed by atoms with E-state index in [4.69, 9.17) is 21.4 Å². The molecule has 1 unspecified atom stereocenters. The van der Waals surface area contributed by atoms with Crippen molar-refractivity contribution in [1.82, 2.24) is 19.8 Å². The summed E-state index contributed by atoms with van der Waals surface area (Å²) in [4.78, 5) is 55.1. The largest absolute Gasteiger partial charge is 0.471 e. The van der Waals surface area contributed by atoms with Gasteiger partial charge in [0, 0.05) is 17.2 Å². The van der Waals surface area contributed by atoms with Crippen molar-refractivity contribution >= 4 is 29.3 Å². The van der Waals surface area contributed by atoms with Crippen molar-refractivity contribution in [2.45, 2.75) is 26.0 Å². The number of benzene rings is 2. The zero-order valence-corrected chi connectivity index (χ0v) is 20.7. The fourth-order valence-corrected chi connectivity index (χ4v) is 4.05. The van der Waals surface area contributed by atoms with E-state index < -0.39 is 52.6 Å². The van der Waals surface area contributed by atoms with Gasteiger partial charge in [-0.1, -0.05) is 17.7 Å². The average Bonchev–Trinajstić information content (AvgIpc) is 3.14. The molecule has 0 radical (unpaired) electrons. The van der Waals surface area contributed by atoms with Crippen molar-refractivity contribution in [2.75, 3.05) is 13.2 Å². The molecule has 13 heteroatoms. The van der Waals surface area contributed by atoms with Crippen molar-refractivity contribution in [3.05, 3.63) is 86.4 Å². The third kappa shape index (κ3) is 5.41. The van der Waals surface area contributed by atoms with Gasteiger partial charge < -0.3 is 15.2 Å². The molecule has 38 heavy (non-hydrogen) atoms. The summed E-state index contributed by atoms with van der Waals surface area (Å²) in [5.41, 5.74) is 0.258. The number of aliphatic hydroxyl groups excluding tert-OH is 1. The maximum atomic E-state index is 13.9. The third-order valence-corrected chi connectivity index (χ3v) is 6.19. The topological polar surface area (TPSA) is 131 Å². The van der Waals surface area contributed by atoms with Crippen LogP contribution >= 0.6 is 11.6 Å². The Morgan fingerprint density at radius 1 is 1.21 bits per heavy atom. The third-order valence-electron chi connectivity index (χ3n) is 5.87. The Hall–Kier alpha value is -4.16. The van der Waals surface area contributed by atoms with Crippen LogP contribution in [0.5, 0.6) is 5.88 Å². The summed E-state index contributed by atoms with van der Waals surface area (Å²) in [5.74, 6) is -3.62. The van der Waals surface area contributed by atoms with E-state index in [9.17, 15) is 28.0 Å². The molecule has 1 aliphatic rings. The predicted molar refractivity (Wildman–Crippen MR) is 130 cm³/mol. The van der Waals surface area contributed by atoms with Crippen molar-refractivity contribution in [3.63, 3.8) is 0 Å². The van der Waals surface area contributed by atoms with Crippen molar-refractivity contribution < 1.29 is 33.0 Å². The molecule has 3 amide bonds. The smallest absolute Gasteiger partial charge is 0.280 e. The van der Waals surface area contributed by atoms with Crippen molar-refractivity contribution in [1.29, 1.82) is 0 Å². The molecule has 10 nitrogen and oxygen atoms in total. The molecule has 1 aliphatic heterocycles. The molecule has 2 aromatic carbocycles. The predicted octanol–water partition coefficient (Wildman–Crippen LogP) is 1.90. The van der Waals surface area contributed by atoms with E-state index in [1.165, 1.54) is 18.2 Å². The number of carbonyl (C=O) groups is 3. The maximum absolute atomic E-state index is 13.9. The number of aryl methyl sites for hydroxylation is 1. The normalized spacial score (nSPS) is 15.2. The second-order valence-corrected chi connectivity index (χ2v) is 8.78. The summed E-state index contributed by atoms with van der Waals surface area (Å²) < 4.78 is 33.4. The van der Waals surface area contributed by atoms with E-state index in [0.29, 0.717) is 11.6 Å². The molecule has 1 saturated heterocycles. The number of aliphatic hydroxyl groups is 1. The molecule has 1 fully saturated rings. The fraction of sp³-hybridized carbons (Fsp3) is 0.240. The molecule has 3 aromatic rings. The minimum absolute atomic E-state index is 0.0323. The van der Waals surface area contributed by atoms with E-state index in [2.05, 4.69) is 10.3 Å². The van der Waals surface area contributed by atoms with Gasteiger partial charge >= 0.3 is 0 Å². The van der Waals surface area contributed by atoms with E-state index in [0.717, 1.165) is 21.9 Å². The Bertz CT molecular complexity index is 1500. The zero-order valence-electron chi connectivity index (χ0n) is 19.9. The summed E-state index contributed by atoms with van der Waals surface area (Å²) in [5, 5.41) is 11.1. The molecule has 0 bridgehead atoms. The van der Waals surface area contributed by atoms with Crippen LogP contribution in [0.1, 0.15) is 27.9 Å². The number of halogens is 3. The Morgan fingerprint density at radius 2 is 1.97 bits per heavy atom. The van der Waals surface area contributed by atoms with Crippen LogP contribution in [0.15, 0.2) is 47.5 Å². The van der Waals surface area contributed by atoms with Gasteiger partial charge in [-0.15, -0.1) is 0 Å². The summed E-state index contributed by atoms with van der Waals surface area (Å²) >= 11 is 6.17. The first-order valence-electron chi connectivity index (χ1n) is 11.3. The Morgan fingerprint density at radius 3 is 2.68 bits per heavy atom. The monoisotopic (exact) mass is 546 g/mol. The van der Waals surface area contributed by atoms with Gasteiger partial charge in [0.1, 0.15) is 30.6 Å². The maximum Gasteiger partial charge on any atom is 0.280 e. The standard InChI is InChI=1S/C25H21ClF2N4O6/c1-13-2-3-14(22(35)30-18-10-20(34)31(6-7-33)24(18)36)8-19(13)32-12-29-23(21(26)25(32)37)38-11-15-4-5-16(27)9-17(15)28/h2-5,8-9,12,18,33H,6-7,10-11H2,1H3,(H,30,35). The molecule has 1 aromatic heterocycles. The molecule has 1 atom stereocenters. The van der Waals surface area contributed by atoms with Crippen LogP contribution in [0.4, 0.5) is 8.78 Å². The molecule has 0 saturated carbocycles. The summed E-state index contributed by atoms with van der Waals surface area (Å²) in [6.07, 6.45) is 0.895. The van der Waals surface area contributed by atoms with Crippen LogP contribution in [0.25, 0.3) is 5.69 Å². The summed E-state index contributed by atoms with van der Waals surface area (Å²) in [6, 6.07) is 6.33. The van der Waals surface area contributed by atoms with Crippen LogP contribution in [-0.4, -0.2) is 56.5 Å². The van der Waals surface area contributed by atoms with Gasteiger partial charge in [0.15, 0.2) is 5.02 Å². The van der Waals surface area contributed by atoms with Gasteiger partial charge in [0.2, 0.25) is 11.8 Å². The first kappa shape index (κ1) is 26.9. The Kier molecular flexibility index (Phi) is 7.83. The fourth-order valence-electron chi connectivity index (χ4n) is 3.86. The molecule has 2 N–H and O–H groups in total. The van der Waals surface area contributed by atoms with Gasteiger partial charge in [-0.2, -0.15) is 0 Å². The second-order valence-electron chi connectivity index (χ2n) is 8.40. The number of hydrogen-bond donors (Lipinski definition) is 2. The lowest BCUT2D eigenvalue weighted by Gasteiger charge is -2.15. The second kappa shape index (κ2) is 11.1. The highest BCUT2D eigenvalue weighted by Crippen LogP contribution is 2.22. The minimum atomic E-state index is -1.08. The molecule has 0 aliphatic carbocycles. The lowest BCUT2D eigenvalue weighted by atomic mass is 10.1. The van der Waals surface area contributed by atoms with E-state index in [1.807, 2.05) is 0 Å². The highest BCUT2D eigenvalue weighted by atomic mass is 35.5. The first-order valence-corrected chi connectivity index (χ1v) is 11.7. The van der Waals surface area contributed by atoms with Crippen LogP contribution in [0.3, 0.4) is 0 Å². The summed E-state index contributed by atoms with van der Waals surface area (Å²) in [6.45, 7) is 0.784. The lowest BCUT2D eigenvalue weighted by molar-refractivity contribution is -0.139. The number of nitrogens with zero attached hydrogens (tertiary/aromatic N) is 3. The number of hydrogen-bond acceptors (Lipinski definition) is 7. The summed E-state index contributed by atoms with van der Waals surface area (Å²) in [7, 11) is 0. The Labute approximate surface area is 219 Å². The van der Waals surface area contributed by atoms with Crippen LogP contribution in [0.2, 0.25) is 5.02 Å². The zero-order chi connectivity index (χ0) is 27.6. The van der Waals surface area contributed by atoms with E-state index >= 15 is 0 Å². The van der Waals surface area contributed by atoms with E-state index in [-0.39, 0.29) is 42.3 Å².